The molecule has 1 aliphatic rings. The number of ether oxygens (including phenoxy) is 1. The van der Waals surface area contributed by atoms with E-state index in [1.54, 1.807) is 31.6 Å². The highest BCUT2D eigenvalue weighted by Gasteiger charge is 2.24. The number of hydrogen-bond donors (Lipinski definition) is 0. The van der Waals surface area contributed by atoms with Gasteiger partial charge in [-0.1, -0.05) is 11.8 Å². The highest BCUT2D eigenvalue weighted by molar-refractivity contribution is 7.99. The predicted octanol–water partition coefficient (Wildman–Crippen LogP) is 4.12. The van der Waals surface area contributed by atoms with Gasteiger partial charge in [-0.15, -0.1) is 10.2 Å². The summed E-state index contributed by atoms with van der Waals surface area (Å²) in [7, 11) is 1.62. The zero-order valence-corrected chi connectivity index (χ0v) is 19.9. The number of methoxy groups -OCH3 is 1. The molecule has 0 bridgehead atoms. The molecule has 3 heterocycles. The third-order valence-corrected chi connectivity index (χ3v) is 6.77. The van der Waals surface area contributed by atoms with E-state index in [0.29, 0.717) is 42.9 Å². The first-order chi connectivity index (χ1) is 17.1. The molecular formula is C25H24FN5O3S. The molecule has 8 nitrogen and oxygen atoms in total. The molecule has 2 aromatic carbocycles. The fourth-order valence-electron chi connectivity index (χ4n) is 3.98. The standard InChI is InChI=1S/C25H24FN5O3S/c1-33-21-10-8-20(9-11-21)31-24(22-3-2-16-34-22)27-28-25(31)35-17-23(32)30-14-12-29(13-15-30)19-6-4-18(26)5-7-19/h2-11,16H,12-15,17H2,1H3. The van der Waals surface area contributed by atoms with Gasteiger partial charge in [0.2, 0.25) is 11.7 Å². The fourth-order valence-corrected chi connectivity index (χ4v) is 4.83. The topological polar surface area (TPSA) is 76.6 Å². The third-order valence-electron chi connectivity index (χ3n) is 5.85. The molecule has 0 N–H and O–H groups in total. The Labute approximate surface area is 206 Å². The summed E-state index contributed by atoms with van der Waals surface area (Å²) < 4.78 is 25.9. The Morgan fingerprint density at radius 1 is 1.00 bits per heavy atom. The van der Waals surface area contributed by atoms with E-state index in [2.05, 4.69) is 15.1 Å². The lowest BCUT2D eigenvalue weighted by Crippen LogP contribution is -2.49. The Morgan fingerprint density at radius 3 is 2.37 bits per heavy atom. The third kappa shape index (κ3) is 5.02. The monoisotopic (exact) mass is 493 g/mol. The minimum Gasteiger partial charge on any atom is -0.497 e. The second kappa shape index (κ2) is 10.2. The van der Waals surface area contributed by atoms with Gasteiger partial charge in [-0.05, 0) is 60.7 Å². The lowest BCUT2D eigenvalue weighted by molar-refractivity contribution is -0.128. The second-order valence-corrected chi connectivity index (χ2v) is 8.89. The zero-order valence-electron chi connectivity index (χ0n) is 19.1. The van der Waals surface area contributed by atoms with Crippen molar-refractivity contribution < 1.29 is 18.3 Å². The Balaban J connectivity index is 1.27. The van der Waals surface area contributed by atoms with Crippen molar-refractivity contribution in [2.45, 2.75) is 5.16 Å². The Bertz CT molecular complexity index is 1270. The summed E-state index contributed by atoms with van der Waals surface area (Å²) >= 11 is 1.34. The minimum absolute atomic E-state index is 0.0394. The SMILES string of the molecule is COc1ccc(-n2c(SCC(=O)N3CCN(c4ccc(F)cc4)CC3)nnc2-c2ccco2)cc1. The normalized spacial score (nSPS) is 13.8. The number of thioether (sulfide) groups is 1. The number of carbonyl (C=O) groups is 1. The van der Waals surface area contributed by atoms with Crippen molar-refractivity contribution in [1.29, 1.82) is 0 Å². The molecule has 4 aromatic rings. The summed E-state index contributed by atoms with van der Waals surface area (Å²) in [6.07, 6.45) is 1.59. The molecule has 0 aliphatic carbocycles. The highest BCUT2D eigenvalue weighted by Crippen LogP contribution is 2.29. The van der Waals surface area contributed by atoms with Crippen LogP contribution in [0.1, 0.15) is 0 Å². The Kier molecular flexibility index (Phi) is 6.71. The van der Waals surface area contributed by atoms with Crippen LogP contribution in [0.2, 0.25) is 0 Å². The van der Waals surface area contributed by atoms with Gasteiger partial charge in [0.25, 0.3) is 0 Å². The number of furan rings is 1. The van der Waals surface area contributed by atoms with Gasteiger partial charge in [0, 0.05) is 31.9 Å². The van der Waals surface area contributed by atoms with Crippen LogP contribution in [0.4, 0.5) is 10.1 Å². The summed E-state index contributed by atoms with van der Waals surface area (Å²) in [6, 6.07) is 17.6. The maximum absolute atomic E-state index is 13.2. The van der Waals surface area contributed by atoms with Crippen molar-refractivity contribution in [2.75, 3.05) is 43.9 Å². The van der Waals surface area contributed by atoms with E-state index in [9.17, 15) is 9.18 Å². The number of carbonyl (C=O) groups excluding carboxylic acids is 1. The lowest BCUT2D eigenvalue weighted by Gasteiger charge is -2.36. The molecule has 0 unspecified atom stereocenters. The molecule has 1 fully saturated rings. The smallest absolute Gasteiger partial charge is 0.233 e. The maximum atomic E-state index is 13.2. The summed E-state index contributed by atoms with van der Waals surface area (Å²) in [6.45, 7) is 2.62. The van der Waals surface area contributed by atoms with Gasteiger partial charge < -0.3 is 19.0 Å². The zero-order chi connectivity index (χ0) is 24.2. The van der Waals surface area contributed by atoms with E-state index in [1.807, 2.05) is 39.8 Å². The molecule has 0 saturated carbocycles. The molecule has 1 aliphatic heterocycles. The second-order valence-electron chi connectivity index (χ2n) is 7.95. The summed E-state index contributed by atoms with van der Waals surface area (Å²) in [5.41, 5.74) is 1.80. The number of rotatable bonds is 7. The first-order valence-corrected chi connectivity index (χ1v) is 12.2. The van der Waals surface area contributed by atoms with Gasteiger partial charge in [-0.25, -0.2) is 4.39 Å². The number of piperazine rings is 1. The molecule has 5 rings (SSSR count). The van der Waals surface area contributed by atoms with Crippen LogP contribution in [0.25, 0.3) is 17.3 Å². The van der Waals surface area contributed by atoms with Gasteiger partial charge >= 0.3 is 0 Å². The van der Waals surface area contributed by atoms with E-state index < -0.39 is 0 Å². The predicted molar refractivity (Wildman–Crippen MR) is 132 cm³/mol. The van der Waals surface area contributed by atoms with Crippen LogP contribution in [-0.4, -0.2) is 64.6 Å². The molecule has 35 heavy (non-hydrogen) atoms. The molecular weight excluding hydrogens is 469 g/mol. The van der Waals surface area contributed by atoms with Gasteiger partial charge in [0.05, 0.1) is 24.8 Å². The van der Waals surface area contributed by atoms with E-state index in [-0.39, 0.29) is 17.5 Å². The first kappa shape index (κ1) is 23.0. The fraction of sp³-hybridized carbons (Fsp3) is 0.240. The number of benzene rings is 2. The summed E-state index contributed by atoms with van der Waals surface area (Å²) in [5, 5.41) is 9.27. The molecule has 10 heteroatoms. The quantitative estimate of drug-likeness (QED) is 0.359. The number of aromatic nitrogens is 3. The molecule has 1 saturated heterocycles. The van der Waals surface area contributed by atoms with E-state index in [1.165, 1.54) is 23.9 Å². The van der Waals surface area contributed by atoms with Gasteiger partial charge in [-0.2, -0.15) is 0 Å². The summed E-state index contributed by atoms with van der Waals surface area (Å²) in [5.74, 6) is 1.91. The number of nitrogens with zero attached hydrogens (tertiary/aromatic N) is 5. The van der Waals surface area contributed by atoms with Crippen molar-refractivity contribution in [3.05, 3.63) is 72.7 Å². The lowest BCUT2D eigenvalue weighted by atomic mass is 10.2. The van der Waals surface area contributed by atoms with Crippen LogP contribution in [0, 0.1) is 5.82 Å². The van der Waals surface area contributed by atoms with E-state index >= 15 is 0 Å². The molecule has 0 radical (unpaired) electrons. The number of hydrogen-bond acceptors (Lipinski definition) is 7. The van der Waals surface area contributed by atoms with Gasteiger partial charge in [-0.3, -0.25) is 9.36 Å². The maximum Gasteiger partial charge on any atom is 0.233 e. The van der Waals surface area contributed by atoms with Crippen LogP contribution in [-0.2, 0) is 4.79 Å². The van der Waals surface area contributed by atoms with Gasteiger partial charge in [0.15, 0.2) is 10.9 Å². The minimum atomic E-state index is -0.253. The highest BCUT2D eigenvalue weighted by atomic mass is 32.2. The molecule has 180 valence electrons. The van der Waals surface area contributed by atoms with E-state index in [4.69, 9.17) is 9.15 Å². The number of amides is 1. The van der Waals surface area contributed by atoms with Crippen LogP contribution in [0.15, 0.2) is 76.5 Å². The van der Waals surface area contributed by atoms with Crippen LogP contribution in [0.3, 0.4) is 0 Å². The van der Waals surface area contributed by atoms with Crippen molar-refractivity contribution in [3.8, 4) is 23.0 Å². The van der Waals surface area contributed by atoms with Crippen LogP contribution < -0.4 is 9.64 Å². The van der Waals surface area contributed by atoms with Crippen LogP contribution in [0.5, 0.6) is 5.75 Å². The van der Waals surface area contributed by atoms with Crippen molar-refractivity contribution in [2.24, 2.45) is 0 Å². The van der Waals surface area contributed by atoms with Crippen LogP contribution >= 0.6 is 11.8 Å². The number of anilines is 1. The largest absolute Gasteiger partial charge is 0.497 e. The van der Waals surface area contributed by atoms with Crippen molar-refractivity contribution in [3.63, 3.8) is 0 Å². The summed E-state index contributed by atoms with van der Waals surface area (Å²) in [4.78, 5) is 17.0. The van der Waals surface area contributed by atoms with Crippen molar-refractivity contribution in [1.82, 2.24) is 19.7 Å². The first-order valence-electron chi connectivity index (χ1n) is 11.2. The molecule has 0 spiro atoms. The Hall–Kier alpha value is -3.79. The van der Waals surface area contributed by atoms with E-state index in [0.717, 1.165) is 17.1 Å². The Morgan fingerprint density at radius 2 is 1.71 bits per heavy atom. The average Bonchev–Trinajstić information content (AvgIpc) is 3.58. The van der Waals surface area contributed by atoms with Crippen molar-refractivity contribution >= 4 is 23.4 Å². The molecule has 0 atom stereocenters. The molecule has 1 amide bonds. The molecule has 2 aromatic heterocycles. The number of halogens is 1. The van der Waals surface area contributed by atoms with Gasteiger partial charge in [0.1, 0.15) is 11.6 Å². The average molecular weight is 494 g/mol.